The first-order valence-electron chi connectivity index (χ1n) is 5.32. The summed E-state index contributed by atoms with van der Waals surface area (Å²) in [5.41, 5.74) is 0.937. The van der Waals surface area contributed by atoms with Crippen LogP contribution < -0.4 is 0 Å². The first-order valence-corrected chi connectivity index (χ1v) is 8.37. The summed E-state index contributed by atoms with van der Waals surface area (Å²) < 4.78 is 27.3. The Morgan fingerprint density at radius 1 is 1.65 bits per heavy atom. The van der Waals surface area contributed by atoms with E-state index >= 15 is 0 Å². The van der Waals surface area contributed by atoms with Gasteiger partial charge in [-0.25, -0.2) is 8.42 Å². The Kier molecular flexibility index (Phi) is 3.94. The Hall–Kier alpha value is 0.0500. The van der Waals surface area contributed by atoms with Crippen molar-refractivity contribution >= 4 is 37.3 Å². The fraction of sp³-hybridized carbons (Fsp3) is 0.600. The Morgan fingerprint density at radius 3 is 2.82 bits per heavy atom. The second-order valence-electron chi connectivity index (χ2n) is 4.22. The third-order valence-electron chi connectivity index (χ3n) is 2.94. The maximum absolute atomic E-state index is 12.3. The number of thiophene rings is 1. The lowest BCUT2D eigenvalue weighted by molar-refractivity contribution is 0.233. The number of aryl methyl sites for hydroxylation is 1. The number of rotatable bonds is 3. The van der Waals surface area contributed by atoms with Gasteiger partial charge in [0.15, 0.2) is 0 Å². The highest BCUT2D eigenvalue weighted by Crippen LogP contribution is 2.33. The molecule has 0 radical (unpaired) electrons. The highest BCUT2D eigenvalue weighted by atomic mass is 79.9. The molecule has 1 aliphatic rings. The van der Waals surface area contributed by atoms with E-state index in [1.807, 2.05) is 6.92 Å². The Bertz CT molecular complexity index is 492. The minimum Gasteiger partial charge on any atom is -0.396 e. The summed E-state index contributed by atoms with van der Waals surface area (Å²) in [6, 6.07) is 1.69. The molecule has 4 nitrogen and oxygen atoms in total. The van der Waals surface area contributed by atoms with Gasteiger partial charge in [-0.05, 0) is 46.8 Å². The van der Waals surface area contributed by atoms with Crippen molar-refractivity contribution in [2.45, 2.75) is 17.6 Å². The van der Waals surface area contributed by atoms with E-state index in [4.69, 9.17) is 5.11 Å². The van der Waals surface area contributed by atoms with Crippen LogP contribution in [0.5, 0.6) is 0 Å². The van der Waals surface area contributed by atoms with E-state index in [0.29, 0.717) is 17.3 Å². The molecule has 0 aliphatic carbocycles. The third kappa shape index (κ3) is 2.58. The molecule has 0 aromatic carbocycles. The average Bonchev–Trinajstić information content (AvgIpc) is 2.87. The molecule has 1 aliphatic heterocycles. The predicted molar refractivity (Wildman–Crippen MR) is 70.7 cm³/mol. The molecule has 0 saturated carbocycles. The average molecular weight is 340 g/mol. The van der Waals surface area contributed by atoms with Crippen LogP contribution in [-0.4, -0.2) is 37.5 Å². The summed E-state index contributed by atoms with van der Waals surface area (Å²) >= 11 is 4.58. The molecule has 1 atom stereocenters. The highest BCUT2D eigenvalue weighted by molar-refractivity contribution is 9.11. The van der Waals surface area contributed by atoms with Crippen LogP contribution in [0.1, 0.15) is 12.0 Å². The molecule has 1 aromatic rings. The Labute approximate surface area is 113 Å². The molecular formula is C10H14BrNO3S2. The van der Waals surface area contributed by atoms with Crippen molar-refractivity contribution in [3.05, 3.63) is 15.4 Å². The minimum atomic E-state index is -3.37. The fourth-order valence-corrected chi connectivity index (χ4v) is 5.76. The van der Waals surface area contributed by atoms with E-state index < -0.39 is 10.0 Å². The van der Waals surface area contributed by atoms with Crippen molar-refractivity contribution < 1.29 is 13.5 Å². The van der Waals surface area contributed by atoms with Gasteiger partial charge in [0, 0.05) is 19.7 Å². The number of sulfonamides is 1. The SMILES string of the molecule is Cc1cc(S(=O)(=O)N2CCC(CO)C2)sc1Br. The first kappa shape index (κ1) is 13.5. The van der Waals surface area contributed by atoms with Crippen LogP contribution in [0, 0.1) is 12.8 Å². The molecule has 7 heteroatoms. The summed E-state index contributed by atoms with van der Waals surface area (Å²) in [7, 11) is -3.37. The lowest BCUT2D eigenvalue weighted by Gasteiger charge is -2.14. The van der Waals surface area contributed by atoms with Crippen molar-refractivity contribution in [1.29, 1.82) is 0 Å². The van der Waals surface area contributed by atoms with Crippen LogP contribution in [0.15, 0.2) is 14.1 Å². The number of hydrogen-bond acceptors (Lipinski definition) is 4. The van der Waals surface area contributed by atoms with E-state index in [-0.39, 0.29) is 12.5 Å². The normalized spacial score (nSPS) is 22.2. The summed E-state index contributed by atoms with van der Waals surface area (Å²) in [5.74, 6) is 0.0780. The van der Waals surface area contributed by atoms with Gasteiger partial charge in [-0.15, -0.1) is 11.3 Å². The van der Waals surface area contributed by atoms with Crippen molar-refractivity contribution in [2.24, 2.45) is 5.92 Å². The molecule has 1 unspecified atom stereocenters. The molecule has 0 spiro atoms. The smallest absolute Gasteiger partial charge is 0.252 e. The monoisotopic (exact) mass is 339 g/mol. The van der Waals surface area contributed by atoms with E-state index in [0.717, 1.165) is 15.8 Å². The molecule has 2 heterocycles. The van der Waals surface area contributed by atoms with Crippen LogP contribution in [0.2, 0.25) is 0 Å². The maximum atomic E-state index is 12.3. The summed E-state index contributed by atoms with van der Waals surface area (Å²) in [4.78, 5) is 0. The third-order valence-corrected chi connectivity index (χ3v) is 7.39. The van der Waals surface area contributed by atoms with Crippen LogP contribution in [-0.2, 0) is 10.0 Å². The molecule has 96 valence electrons. The van der Waals surface area contributed by atoms with E-state index in [1.54, 1.807) is 6.07 Å². The van der Waals surface area contributed by atoms with Crippen LogP contribution in [0.3, 0.4) is 0 Å². The summed E-state index contributed by atoms with van der Waals surface area (Å²) in [5, 5.41) is 9.04. The zero-order valence-electron chi connectivity index (χ0n) is 9.39. The number of aliphatic hydroxyl groups excluding tert-OH is 1. The van der Waals surface area contributed by atoms with Gasteiger partial charge in [-0.1, -0.05) is 0 Å². The molecule has 1 saturated heterocycles. The van der Waals surface area contributed by atoms with Crippen molar-refractivity contribution in [2.75, 3.05) is 19.7 Å². The predicted octanol–water partition coefficient (Wildman–Crippen LogP) is 1.82. The molecule has 0 bridgehead atoms. The van der Waals surface area contributed by atoms with Crippen LogP contribution in [0.25, 0.3) is 0 Å². The molecular weight excluding hydrogens is 326 g/mol. The molecule has 1 N–H and O–H groups in total. The quantitative estimate of drug-likeness (QED) is 0.913. The van der Waals surface area contributed by atoms with Gasteiger partial charge in [0.25, 0.3) is 10.0 Å². The van der Waals surface area contributed by atoms with Crippen LogP contribution in [0.4, 0.5) is 0 Å². The number of halogens is 1. The maximum Gasteiger partial charge on any atom is 0.252 e. The zero-order chi connectivity index (χ0) is 12.6. The molecule has 1 fully saturated rings. The topological polar surface area (TPSA) is 57.6 Å². The zero-order valence-corrected chi connectivity index (χ0v) is 12.6. The van der Waals surface area contributed by atoms with Gasteiger partial charge in [0.2, 0.25) is 0 Å². The molecule has 17 heavy (non-hydrogen) atoms. The molecule has 2 rings (SSSR count). The van der Waals surface area contributed by atoms with Gasteiger partial charge in [-0.3, -0.25) is 0 Å². The van der Waals surface area contributed by atoms with Crippen molar-refractivity contribution in [3.8, 4) is 0 Å². The van der Waals surface area contributed by atoms with E-state index in [9.17, 15) is 8.42 Å². The number of nitrogens with zero attached hydrogens (tertiary/aromatic N) is 1. The lowest BCUT2D eigenvalue weighted by Crippen LogP contribution is -2.28. The van der Waals surface area contributed by atoms with Crippen molar-refractivity contribution in [1.82, 2.24) is 4.31 Å². The fourth-order valence-electron chi connectivity index (χ4n) is 1.85. The number of aliphatic hydroxyl groups is 1. The first-order chi connectivity index (χ1) is 7.95. The molecule has 1 aromatic heterocycles. The lowest BCUT2D eigenvalue weighted by atomic mass is 10.1. The van der Waals surface area contributed by atoms with Gasteiger partial charge in [-0.2, -0.15) is 4.31 Å². The van der Waals surface area contributed by atoms with E-state index in [1.165, 1.54) is 15.6 Å². The Balaban J connectivity index is 2.25. The highest BCUT2D eigenvalue weighted by Gasteiger charge is 2.33. The van der Waals surface area contributed by atoms with Crippen molar-refractivity contribution in [3.63, 3.8) is 0 Å². The molecule has 0 amide bonds. The Morgan fingerprint density at radius 2 is 2.35 bits per heavy atom. The standard InChI is InChI=1S/C10H14BrNO3S2/c1-7-4-9(16-10(7)11)17(14,15)12-3-2-8(5-12)6-13/h4,8,13H,2-3,5-6H2,1H3. The second kappa shape index (κ2) is 4.97. The van der Waals surface area contributed by atoms with Crippen LogP contribution >= 0.6 is 27.3 Å². The van der Waals surface area contributed by atoms with Gasteiger partial charge in [0.1, 0.15) is 4.21 Å². The summed E-state index contributed by atoms with van der Waals surface area (Å²) in [6.07, 6.45) is 0.737. The largest absolute Gasteiger partial charge is 0.396 e. The second-order valence-corrected chi connectivity index (χ2v) is 8.76. The number of hydrogen-bond donors (Lipinski definition) is 1. The van der Waals surface area contributed by atoms with E-state index in [2.05, 4.69) is 15.9 Å². The minimum absolute atomic E-state index is 0.0547. The van der Waals surface area contributed by atoms with Gasteiger partial charge in [0.05, 0.1) is 3.79 Å². The van der Waals surface area contributed by atoms with Gasteiger partial charge < -0.3 is 5.11 Å². The summed E-state index contributed by atoms with van der Waals surface area (Å²) in [6.45, 7) is 2.86. The van der Waals surface area contributed by atoms with Gasteiger partial charge >= 0.3 is 0 Å².